The van der Waals surface area contributed by atoms with E-state index in [-0.39, 0.29) is 11.6 Å². The Balaban J connectivity index is 1.65. The monoisotopic (exact) mass is 540 g/mol. The number of hydrogen-bond donors (Lipinski definition) is 0. The third-order valence-corrected chi connectivity index (χ3v) is 8.31. The van der Waals surface area contributed by atoms with E-state index >= 15 is 0 Å². The molecule has 1 aromatic heterocycles. The molecule has 0 saturated heterocycles. The summed E-state index contributed by atoms with van der Waals surface area (Å²) >= 11 is 1.37. The molecular weight excluding hydrogens is 512 g/mol. The zero-order valence-corrected chi connectivity index (χ0v) is 23.0. The number of methoxy groups -OCH3 is 4. The second-order valence-corrected chi connectivity index (χ2v) is 10.3. The Labute approximate surface area is 229 Å². The Morgan fingerprint density at radius 2 is 1.59 bits per heavy atom. The Bertz CT molecular complexity index is 1800. The standard InChI is InChI=1S/C31H28N2O5S/c1-35-20-10-13-25(37-3)19(15-20)16-27-30(34)33-29(24-17-21(36-2)11-14-26(24)38-4)23-12-9-18-7-5-6-8-22(18)28(23)32-31(33)39-27/h5-8,10-11,13-17,29H,9,12H2,1-4H3. The number of aryl methyl sites for hydroxylation is 1. The second kappa shape index (κ2) is 10.1. The zero-order valence-electron chi connectivity index (χ0n) is 22.2. The van der Waals surface area contributed by atoms with Gasteiger partial charge in [-0.3, -0.25) is 9.36 Å². The number of aromatic nitrogens is 1. The molecule has 0 radical (unpaired) electrons. The van der Waals surface area contributed by atoms with Crippen molar-refractivity contribution in [3.8, 4) is 23.0 Å². The molecule has 2 aliphatic rings. The van der Waals surface area contributed by atoms with Gasteiger partial charge in [0.25, 0.3) is 5.56 Å². The van der Waals surface area contributed by atoms with E-state index in [1.165, 1.54) is 16.9 Å². The molecule has 1 unspecified atom stereocenters. The Kier molecular flexibility index (Phi) is 6.48. The maximum Gasteiger partial charge on any atom is 0.271 e. The fourth-order valence-corrected chi connectivity index (χ4v) is 6.44. The highest BCUT2D eigenvalue weighted by Crippen LogP contribution is 2.44. The zero-order chi connectivity index (χ0) is 27.1. The minimum Gasteiger partial charge on any atom is -0.497 e. The van der Waals surface area contributed by atoms with Gasteiger partial charge in [-0.05, 0) is 66.5 Å². The molecule has 0 N–H and O–H groups in total. The molecule has 2 heterocycles. The summed E-state index contributed by atoms with van der Waals surface area (Å²) in [6, 6.07) is 19.2. The number of hydrogen-bond acceptors (Lipinski definition) is 7. The van der Waals surface area contributed by atoms with Crippen LogP contribution < -0.4 is 33.8 Å². The van der Waals surface area contributed by atoms with Crippen LogP contribution in [0, 0.1) is 0 Å². The van der Waals surface area contributed by atoms with Crippen LogP contribution >= 0.6 is 11.3 Å². The van der Waals surface area contributed by atoms with Crippen molar-refractivity contribution in [2.45, 2.75) is 18.9 Å². The SMILES string of the molecule is COc1ccc(OC)c(C=c2sc3n(c2=O)C(c2cc(OC)ccc2OC)C2=C(N=3)c3ccccc3CC2)c1. The molecule has 6 rings (SSSR count). The molecule has 0 amide bonds. The average Bonchev–Trinajstić information content (AvgIpc) is 3.29. The highest BCUT2D eigenvalue weighted by molar-refractivity contribution is 7.07. The first-order valence-corrected chi connectivity index (χ1v) is 13.4. The smallest absolute Gasteiger partial charge is 0.271 e. The summed E-state index contributed by atoms with van der Waals surface area (Å²) in [5, 5.41) is 0. The maximum atomic E-state index is 14.1. The lowest BCUT2D eigenvalue weighted by Crippen LogP contribution is -2.39. The van der Waals surface area contributed by atoms with E-state index in [0.29, 0.717) is 32.3 Å². The van der Waals surface area contributed by atoms with Crippen molar-refractivity contribution in [1.29, 1.82) is 0 Å². The van der Waals surface area contributed by atoms with Gasteiger partial charge in [0, 0.05) is 16.7 Å². The summed E-state index contributed by atoms with van der Waals surface area (Å²) in [4.78, 5) is 19.9. The number of thiazole rings is 1. The van der Waals surface area contributed by atoms with Gasteiger partial charge in [-0.15, -0.1) is 0 Å². The second-order valence-electron chi connectivity index (χ2n) is 9.33. The van der Waals surface area contributed by atoms with E-state index < -0.39 is 0 Å². The summed E-state index contributed by atoms with van der Waals surface area (Å²) in [6.07, 6.45) is 3.51. The van der Waals surface area contributed by atoms with Gasteiger partial charge in [-0.1, -0.05) is 35.6 Å². The minimum atomic E-state index is -0.385. The van der Waals surface area contributed by atoms with Crippen LogP contribution in [-0.4, -0.2) is 33.0 Å². The summed E-state index contributed by atoms with van der Waals surface area (Å²) in [6.45, 7) is 0. The number of benzene rings is 3. The first kappa shape index (κ1) is 25.0. The normalized spacial score (nSPS) is 16.1. The van der Waals surface area contributed by atoms with Gasteiger partial charge in [0.15, 0.2) is 4.80 Å². The predicted molar refractivity (Wildman–Crippen MR) is 152 cm³/mol. The van der Waals surface area contributed by atoms with Gasteiger partial charge >= 0.3 is 0 Å². The number of ether oxygens (including phenoxy) is 4. The molecule has 1 atom stereocenters. The fraction of sp³-hybridized carbons (Fsp3) is 0.226. The minimum absolute atomic E-state index is 0.121. The van der Waals surface area contributed by atoms with Crippen LogP contribution in [0.3, 0.4) is 0 Å². The third-order valence-electron chi connectivity index (χ3n) is 7.33. The summed E-state index contributed by atoms with van der Waals surface area (Å²) in [7, 11) is 6.51. The summed E-state index contributed by atoms with van der Waals surface area (Å²) in [5.74, 6) is 2.73. The van der Waals surface area contributed by atoms with E-state index in [1.54, 1.807) is 33.0 Å². The predicted octanol–water partition coefficient (Wildman–Crippen LogP) is 4.35. The van der Waals surface area contributed by atoms with Gasteiger partial charge in [0.2, 0.25) is 0 Å². The molecule has 0 bridgehead atoms. The van der Waals surface area contributed by atoms with Crippen molar-refractivity contribution < 1.29 is 18.9 Å². The van der Waals surface area contributed by atoms with Crippen molar-refractivity contribution in [2.24, 2.45) is 4.99 Å². The average molecular weight is 541 g/mol. The molecule has 8 heteroatoms. The number of allylic oxidation sites excluding steroid dienone is 1. The number of nitrogens with zero attached hydrogens (tertiary/aromatic N) is 2. The van der Waals surface area contributed by atoms with Gasteiger partial charge in [0.1, 0.15) is 23.0 Å². The lowest BCUT2D eigenvalue weighted by atomic mass is 9.83. The molecule has 0 fully saturated rings. The van der Waals surface area contributed by atoms with E-state index in [1.807, 2.05) is 48.5 Å². The molecule has 1 aliphatic heterocycles. The Morgan fingerprint density at radius 1 is 0.872 bits per heavy atom. The molecule has 39 heavy (non-hydrogen) atoms. The number of fused-ring (bicyclic) bond motifs is 3. The van der Waals surface area contributed by atoms with Crippen LogP contribution in [0.5, 0.6) is 23.0 Å². The molecule has 1 aliphatic carbocycles. The van der Waals surface area contributed by atoms with Crippen LogP contribution in [0.25, 0.3) is 11.8 Å². The molecule has 0 saturated carbocycles. The quantitative estimate of drug-likeness (QED) is 0.364. The van der Waals surface area contributed by atoms with Gasteiger partial charge in [-0.2, -0.15) is 0 Å². The van der Waals surface area contributed by atoms with Gasteiger partial charge < -0.3 is 18.9 Å². The molecule has 4 aromatic rings. The highest BCUT2D eigenvalue weighted by Gasteiger charge is 2.34. The van der Waals surface area contributed by atoms with Gasteiger partial charge in [0.05, 0.1) is 44.7 Å². The van der Waals surface area contributed by atoms with Crippen molar-refractivity contribution in [1.82, 2.24) is 4.57 Å². The molecular formula is C31H28N2O5S. The van der Waals surface area contributed by atoms with E-state index in [0.717, 1.165) is 40.8 Å². The first-order chi connectivity index (χ1) is 19.1. The maximum absolute atomic E-state index is 14.1. The number of rotatable bonds is 6. The van der Waals surface area contributed by atoms with E-state index in [2.05, 4.69) is 18.2 Å². The van der Waals surface area contributed by atoms with Crippen molar-refractivity contribution in [3.05, 3.63) is 108 Å². The van der Waals surface area contributed by atoms with Crippen molar-refractivity contribution >= 4 is 23.1 Å². The van der Waals surface area contributed by atoms with Crippen LogP contribution in [-0.2, 0) is 6.42 Å². The Morgan fingerprint density at radius 3 is 2.33 bits per heavy atom. The van der Waals surface area contributed by atoms with Crippen molar-refractivity contribution in [2.75, 3.05) is 28.4 Å². The third kappa shape index (κ3) is 4.21. The lowest BCUT2D eigenvalue weighted by Gasteiger charge is -2.31. The molecule has 3 aromatic carbocycles. The first-order valence-electron chi connectivity index (χ1n) is 12.6. The van der Waals surface area contributed by atoms with Gasteiger partial charge in [-0.25, -0.2) is 4.99 Å². The van der Waals surface area contributed by atoms with Crippen LogP contribution in [0.1, 0.15) is 34.7 Å². The molecule has 7 nitrogen and oxygen atoms in total. The van der Waals surface area contributed by atoms with E-state index in [4.69, 9.17) is 23.9 Å². The lowest BCUT2D eigenvalue weighted by molar-refractivity contribution is 0.392. The van der Waals surface area contributed by atoms with Crippen LogP contribution in [0.15, 0.2) is 76.0 Å². The van der Waals surface area contributed by atoms with E-state index in [9.17, 15) is 4.79 Å². The van der Waals surface area contributed by atoms with Crippen molar-refractivity contribution in [3.63, 3.8) is 0 Å². The largest absolute Gasteiger partial charge is 0.497 e. The van der Waals surface area contributed by atoms with Crippen LogP contribution in [0.4, 0.5) is 0 Å². The highest BCUT2D eigenvalue weighted by atomic mass is 32.1. The summed E-state index contributed by atoms with van der Waals surface area (Å²) in [5.41, 5.74) is 5.90. The molecule has 198 valence electrons. The fourth-order valence-electron chi connectivity index (χ4n) is 5.45. The summed E-state index contributed by atoms with van der Waals surface area (Å²) < 4.78 is 24.7. The Hall–Kier alpha value is -4.30. The topological polar surface area (TPSA) is 71.3 Å². The van der Waals surface area contributed by atoms with Crippen LogP contribution in [0.2, 0.25) is 0 Å². The molecule has 0 spiro atoms.